The molecule has 2 aromatic heterocycles. The summed E-state index contributed by atoms with van der Waals surface area (Å²) >= 11 is 1.46. The van der Waals surface area contributed by atoms with Crippen LogP contribution in [-0.4, -0.2) is 10.5 Å². The molecule has 3 aromatic rings. The number of fused-ring (bicyclic) bond motifs is 1. The van der Waals surface area contributed by atoms with E-state index in [4.69, 9.17) is 0 Å². The molecule has 160 valence electrons. The molecule has 2 heterocycles. The number of benzene rings is 1. The van der Waals surface area contributed by atoms with Crippen LogP contribution in [0.2, 0.25) is 0 Å². The van der Waals surface area contributed by atoms with Crippen molar-refractivity contribution in [3.05, 3.63) is 74.4 Å². The van der Waals surface area contributed by atoms with Crippen molar-refractivity contribution in [2.45, 2.75) is 46.5 Å². The zero-order valence-electron chi connectivity index (χ0n) is 18.5. The summed E-state index contributed by atoms with van der Waals surface area (Å²) in [5.74, 6) is -0.484. The predicted molar refractivity (Wildman–Crippen MR) is 128 cm³/mol. The summed E-state index contributed by atoms with van der Waals surface area (Å²) in [6.45, 7) is 6.03. The van der Waals surface area contributed by atoms with Gasteiger partial charge in [0.25, 0.3) is 5.91 Å². The number of aryl methyl sites for hydroxylation is 3. The molecule has 1 N–H and O–H groups in total. The number of rotatable bonds is 4. The number of carbonyl (C=O) groups excluding carboxylic acids is 1. The van der Waals surface area contributed by atoms with Crippen LogP contribution in [0.15, 0.2) is 35.9 Å². The molecule has 6 heteroatoms. The van der Waals surface area contributed by atoms with E-state index >= 15 is 0 Å². The maximum Gasteiger partial charge on any atom is 0.266 e. The Labute approximate surface area is 192 Å². The topological polar surface area (TPSA) is 81.6 Å². The van der Waals surface area contributed by atoms with Crippen molar-refractivity contribution in [3.63, 3.8) is 0 Å². The van der Waals surface area contributed by atoms with E-state index in [2.05, 4.69) is 40.2 Å². The Morgan fingerprint density at radius 1 is 1.12 bits per heavy atom. The van der Waals surface area contributed by atoms with E-state index in [1.54, 1.807) is 6.08 Å². The lowest BCUT2D eigenvalue weighted by molar-refractivity contribution is -0.112. The molecule has 1 aliphatic rings. The Bertz CT molecular complexity index is 1310. The van der Waals surface area contributed by atoms with Crippen LogP contribution in [0.4, 0.5) is 5.00 Å². The van der Waals surface area contributed by atoms with Gasteiger partial charge in [-0.05, 0) is 81.9 Å². The van der Waals surface area contributed by atoms with Crippen LogP contribution in [0.3, 0.4) is 0 Å². The highest BCUT2D eigenvalue weighted by Gasteiger charge is 2.23. The van der Waals surface area contributed by atoms with Gasteiger partial charge in [-0.15, -0.1) is 11.3 Å². The zero-order chi connectivity index (χ0) is 22.8. The number of nitrogens with zero attached hydrogens (tertiary/aromatic N) is 3. The molecule has 0 saturated carbocycles. The molecule has 5 nitrogen and oxygen atoms in total. The Morgan fingerprint density at radius 2 is 1.84 bits per heavy atom. The van der Waals surface area contributed by atoms with Crippen LogP contribution < -0.4 is 5.32 Å². The maximum absolute atomic E-state index is 12.9. The summed E-state index contributed by atoms with van der Waals surface area (Å²) in [6, 6.07) is 14.5. The number of carbonyl (C=O) groups is 1. The summed E-state index contributed by atoms with van der Waals surface area (Å²) in [4.78, 5) is 14.1. The minimum Gasteiger partial charge on any atom is -0.318 e. The lowest BCUT2D eigenvalue weighted by atomic mass is 9.96. The number of aromatic nitrogens is 1. The first-order valence-electron chi connectivity index (χ1n) is 10.7. The van der Waals surface area contributed by atoms with Crippen LogP contribution in [0.5, 0.6) is 0 Å². The van der Waals surface area contributed by atoms with Crippen LogP contribution in [0, 0.1) is 43.4 Å². The summed E-state index contributed by atoms with van der Waals surface area (Å²) < 4.78 is 2.11. The van der Waals surface area contributed by atoms with Crippen molar-refractivity contribution in [3.8, 4) is 17.8 Å². The second kappa shape index (κ2) is 8.86. The molecule has 32 heavy (non-hydrogen) atoms. The molecule has 0 radical (unpaired) electrons. The number of nitriles is 2. The number of thiophene rings is 1. The third kappa shape index (κ3) is 3.98. The number of nitrogens with one attached hydrogen (secondary N) is 1. The van der Waals surface area contributed by atoms with Gasteiger partial charge in [-0.25, -0.2) is 0 Å². The third-order valence-corrected chi connectivity index (χ3v) is 7.14. The van der Waals surface area contributed by atoms with E-state index in [-0.39, 0.29) is 5.57 Å². The minimum atomic E-state index is -0.484. The van der Waals surface area contributed by atoms with E-state index < -0.39 is 5.91 Å². The van der Waals surface area contributed by atoms with Gasteiger partial charge in [-0.2, -0.15) is 10.5 Å². The highest BCUT2D eigenvalue weighted by molar-refractivity contribution is 7.16. The number of anilines is 1. The average Bonchev–Trinajstić information content (AvgIpc) is 3.28. The normalized spacial score (nSPS) is 13.2. The summed E-state index contributed by atoms with van der Waals surface area (Å²) in [5.41, 5.74) is 6.65. The van der Waals surface area contributed by atoms with Gasteiger partial charge in [0.05, 0.1) is 5.56 Å². The second-order valence-electron chi connectivity index (χ2n) is 8.15. The van der Waals surface area contributed by atoms with Gasteiger partial charge in [-0.3, -0.25) is 4.79 Å². The molecule has 4 rings (SSSR count). The van der Waals surface area contributed by atoms with E-state index in [1.165, 1.54) is 21.8 Å². The van der Waals surface area contributed by atoms with Crippen molar-refractivity contribution in [1.82, 2.24) is 4.57 Å². The number of hydrogen-bond acceptors (Lipinski definition) is 4. The molecule has 0 atom stereocenters. The number of hydrogen-bond donors (Lipinski definition) is 1. The third-order valence-electron chi connectivity index (χ3n) is 5.94. The van der Waals surface area contributed by atoms with Gasteiger partial charge < -0.3 is 9.88 Å². The minimum absolute atomic E-state index is 0.0180. The standard InChI is InChI=1S/C26H24N4OS/c1-16-8-10-21(11-9-16)30-17(2)12-19(18(30)3)13-20(14-27)25(31)29-26-23(15-28)22-6-4-5-7-24(22)32-26/h8-13H,4-7H2,1-3H3,(H,29,31)/b20-13-. The molecule has 1 aliphatic carbocycles. The zero-order valence-corrected chi connectivity index (χ0v) is 19.3. The van der Waals surface area contributed by atoms with Crippen LogP contribution >= 0.6 is 11.3 Å². The molecule has 0 unspecified atom stereocenters. The summed E-state index contributed by atoms with van der Waals surface area (Å²) in [7, 11) is 0. The first kappa shape index (κ1) is 21.6. The van der Waals surface area contributed by atoms with Crippen molar-refractivity contribution < 1.29 is 4.79 Å². The van der Waals surface area contributed by atoms with Gasteiger partial charge in [0.2, 0.25) is 0 Å². The molecular formula is C26H24N4OS. The quantitative estimate of drug-likeness (QED) is 0.414. The largest absolute Gasteiger partial charge is 0.318 e. The lowest BCUT2D eigenvalue weighted by Gasteiger charge is -2.10. The number of amides is 1. The monoisotopic (exact) mass is 440 g/mol. The molecular weight excluding hydrogens is 416 g/mol. The first-order chi connectivity index (χ1) is 15.4. The molecule has 0 fully saturated rings. The smallest absolute Gasteiger partial charge is 0.266 e. The Hall–Kier alpha value is -3.61. The lowest BCUT2D eigenvalue weighted by Crippen LogP contribution is -2.13. The first-order valence-corrected chi connectivity index (χ1v) is 11.5. The molecule has 1 aromatic carbocycles. The molecule has 0 saturated heterocycles. The summed E-state index contributed by atoms with van der Waals surface area (Å²) in [5, 5.41) is 22.7. The molecule has 0 aliphatic heterocycles. The Kier molecular flexibility index (Phi) is 5.99. The molecule has 0 spiro atoms. The van der Waals surface area contributed by atoms with Gasteiger partial charge in [0.15, 0.2) is 0 Å². The van der Waals surface area contributed by atoms with Crippen LogP contribution in [0.25, 0.3) is 11.8 Å². The SMILES string of the molecule is Cc1ccc(-n2c(C)cc(/C=C(/C#N)C(=O)Nc3sc4c(c3C#N)CCCC4)c2C)cc1. The Morgan fingerprint density at radius 3 is 2.53 bits per heavy atom. The summed E-state index contributed by atoms with van der Waals surface area (Å²) in [6.07, 6.45) is 5.60. The van der Waals surface area contributed by atoms with Crippen molar-refractivity contribution in [2.24, 2.45) is 0 Å². The van der Waals surface area contributed by atoms with Gasteiger partial charge in [0, 0.05) is 22.0 Å². The van der Waals surface area contributed by atoms with E-state index in [1.807, 2.05) is 32.9 Å². The highest BCUT2D eigenvalue weighted by Crippen LogP contribution is 2.37. The van der Waals surface area contributed by atoms with E-state index in [0.29, 0.717) is 10.6 Å². The van der Waals surface area contributed by atoms with Gasteiger partial charge >= 0.3 is 0 Å². The fraction of sp³-hybridized carbons (Fsp3) is 0.269. The Balaban J connectivity index is 1.64. The van der Waals surface area contributed by atoms with Crippen molar-refractivity contribution >= 4 is 28.3 Å². The predicted octanol–water partition coefficient (Wildman–Crippen LogP) is 5.76. The van der Waals surface area contributed by atoms with Crippen LogP contribution in [0.1, 0.15) is 51.4 Å². The fourth-order valence-corrected chi connectivity index (χ4v) is 5.51. The molecule has 1 amide bonds. The second-order valence-corrected chi connectivity index (χ2v) is 9.25. The van der Waals surface area contributed by atoms with Crippen molar-refractivity contribution in [1.29, 1.82) is 10.5 Å². The van der Waals surface area contributed by atoms with E-state index in [0.717, 1.165) is 53.9 Å². The van der Waals surface area contributed by atoms with E-state index in [9.17, 15) is 15.3 Å². The highest BCUT2D eigenvalue weighted by atomic mass is 32.1. The van der Waals surface area contributed by atoms with Gasteiger partial charge in [-0.1, -0.05) is 17.7 Å². The van der Waals surface area contributed by atoms with Crippen molar-refractivity contribution in [2.75, 3.05) is 5.32 Å². The maximum atomic E-state index is 12.9. The van der Waals surface area contributed by atoms with Gasteiger partial charge in [0.1, 0.15) is 22.7 Å². The average molecular weight is 441 g/mol. The fourth-order valence-electron chi connectivity index (χ4n) is 4.27. The van der Waals surface area contributed by atoms with Crippen LogP contribution in [-0.2, 0) is 17.6 Å². The molecule has 0 bridgehead atoms.